The summed E-state index contributed by atoms with van der Waals surface area (Å²) in [6, 6.07) is 14.0. The van der Waals surface area contributed by atoms with Crippen LogP contribution in [0.15, 0.2) is 47.4 Å². The van der Waals surface area contributed by atoms with Gasteiger partial charge in [-0.3, -0.25) is 0 Å². The van der Waals surface area contributed by atoms with Crippen LogP contribution < -0.4 is 0 Å². The predicted octanol–water partition coefficient (Wildman–Crippen LogP) is 6.02. The van der Waals surface area contributed by atoms with Crippen molar-refractivity contribution in [3.8, 4) is 0 Å². The average Bonchev–Trinajstić information content (AvgIpc) is 2.41. The topological polar surface area (TPSA) is 0 Å². The van der Waals surface area contributed by atoms with Crippen LogP contribution in [0.4, 0.5) is 0 Å². The SMILES string of the molecule is ClCc1ccc(SCc2ccc(Cl)c(Cl)c2)cc1. The van der Waals surface area contributed by atoms with E-state index in [0.29, 0.717) is 15.9 Å². The Hall–Kier alpha value is -0.340. The lowest BCUT2D eigenvalue weighted by Crippen LogP contribution is -1.82. The predicted molar refractivity (Wildman–Crippen MR) is 82.0 cm³/mol. The van der Waals surface area contributed by atoms with Crippen LogP contribution in [0.3, 0.4) is 0 Å². The molecular formula is C14H11Cl3S. The summed E-state index contributed by atoms with van der Waals surface area (Å²) in [6.45, 7) is 0. The van der Waals surface area contributed by atoms with E-state index in [1.165, 1.54) is 4.90 Å². The van der Waals surface area contributed by atoms with Gasteiger partial charge in [0.25, 0.3) is 0 Å². The van der Waals surface area contributed by atoms with Crippen molar-refractivity contribution in [2.45, 2.75) is 16.5 Å². The summed E-state index contributed by atoms with van der Waals surface area (Å²) in [5.41, 5.74) is 2.30. The third kappa shape index (κ3) is 3.83. The van der Waals surface area contributed by atoms with Gasteiger partial charge in [-0.25, -0.2) is 0 Å². The van der Waals surface area contributed by atoms with Crippen LogP contribution in [0.1, 0.15) is 11.1 Å². The number of benzene rings is 2. The largest absolute Gasteiger partial charge is 0.122 e. The lowest BCUT2D eigenvalue weighted by Gasteiger charge is -2.04. The van der Waals surface area contributed by atoms with Crippen molar-refractivity contribution in [3.05, 3.63) is 63.6 Å². The number of hydrogen-bond acceptors (Lipinski definition) is 1. The van der Waals surface area contributed by atoms with E-state index in [4.69, 9.17) is 34.8 Å². The molecule has 2 rings (SSSR count). The summed E-state index contributed by atoms with van der Waals surface area (Å²) >= 11 is 19.4. The molecule has 0 spiro atoms. The van der Waals surface area contributed by atoms with E-state index in [9.17, 15) is 0 Å². The molecule has 0 aromatic heterocycles. The van der Waals surface area contributed by atoms with Crippen LogP contribution in [0.25, 0.3) is 0 Å². The van der Waals surface area contributed by atoms with Crippen LogP contribution in [0.5, 0.6) is 0 Å². The lowest BCUT2D eigenvalue weighted by molar-refractivity contribution is 1.33. The van der Waals surface area contributed by atoms with E-state index in [2.05, 4.69) is 12.1 Å². The van der Waals surface area contributed by atoms with Crippen molar-refractivity contribution in [1.29, 1.82) is 0 Å². The molecule has 0 saturated heterocycles. The van der Waals surface area contributed by atoms with Crippen LogP contribution in [0, 0.1) is 0 Å². The second-order valence-corrected chi connectivity index (χ2v) is 5.95. The molecule has 0 saturated carbocycles. The molecule has 4 heteroatoms. The number of rotatable bonds is 4. The highest BCUT2D eigenvalue weighted by molar-refractivity contribution is 7.98. The molecule has 0 aliphatic rings. The Balaban J connectivity index is 1.99. The molecule has 0 radical (unpaired) electrons. The molecule has 0 bridgehead atoms. The van der Waals surface area contributed by atoms with Gasteiger partial charge in [0.15, 0.2) is 0 Å². The molecule has 0 nitrogen and oxygen atoms in total. The Morgan fingerprint density at radius 2 is 1.50 bits per heavy atom. The van der Waals surface area contributed by atoms with Crippen molar-refractivity contribution in [2.24, 2.45) is 0 Å². The van der Waals surface area contributed by atoms with Gasteiger partial charge in [-0.15, -0.1) is 23.4 Å². The summed E-state index contributed by atoms with van der Waals surface area (Å²) in [6.07, 6.45) is 0. The lowest BCUT2D eigenvalue weighted by atomic mass is 10.2. The monoisotopic (exact) mass is 316 g/mol. The van der Waals surface area contributed by atoms with E-state index in [-0.39, 0.29) is 0 Å². The van der Waals surface area contributed by atoms with Gasteiger partial charge in [-0.2, -0.15) is 0 Å². The first-order valence-corrected chi connectivity index (χ1v) is 7.68. The molecular weight excluding hydrogens is 307 g/mol. The number of hydrogen-bond donors (Lipinski definition) is 0. The normalized spacial score (nSPS) is 10.6. The molecule has 2 aromatic rings. The highest BCUT2D eigenvalue weighted by Gasteiger charge is 2.01. The van der Waals surface area contributed by atoms with Crippen LogP contribution >= 0.6 is 46.6 Å². The average molecular weight is 318 g/mol. The van der Waals surface area contributed by atoms with Gasteiger partial charge < -0.3 is 0 Å². The van der Waals surface area contributed by atoms with Gasteiger partial charge in [-0.05, 0) is 35.4 Å². The first-order valence-electron chi connectivity index (χ1n) is 5.40. The Kier molecular flexibility index (Phi) is 5.25. The Bertz CT molecular complexity index is 523. The highest BCUT2D eigenvalue weighted by atomic mass is 35.5. The first-order chi connectivity index (χ1) is 8.69. The van der Waals surface area contributed by atoms with Crippen molar-refractivity contribution < 1.29 is 0 Å². The quantitative estimate of drug-likeness (QED) is 0.490. The summed E-state index contributed by atoms with van der Waals surface area (Å²) in [7, 11) is 0. The van der Waals surface area contributed by atoms with E-state index in [1.54, 1.807) is 11.8 Å². The zero-order valence-electron chi connectivity index (χ0n) is 9.50. The standard InChI is InChI=1S/C14H11Cl3S/c15-8-10-1-4-12(5-2-10)18-9-11-3-6-13(16)14(17)7-11/h1-7H,8-9H2. The van der Waals surface area contributed by atoms with Crippen molar-refractivity contribution >= 4 is 46.6 Å². The molecule has 2 aromatic carbocycles. The molecule has 0 atom stereocenters. The molecule has 0 aliphatic heterocycles. The maximum absolute atomic E-state index is 5.98. The van der Waals surface area contributed by atoms with Gasteiger partial charge in [0.2, 0.25) is 0 Å². The molecule has 94 valence electrons. The van der Waals surface area contributed by atoms with Crippen molar-refractivity contribution in [2.75, 3.05) is 0 Å². The second-order valence-electron chi connectivity index (χ2n) is 3.81. The van der Waals surface area contributed by atoms with Crippen LogP contribution in [-0.4, -0.2) is 0 Å². The van der Waals surface area contributed by atoms with E-state index >= 15 is 0 Å². The highest BCUT2D eigenvalue weighted by Crippen LogP contribution is 2.27. The Morgan fingerprint density at radius 3 is 2.11 bits per heavy atom. The van der Waals surface area contributed by atoms with Gasteiger partial charge in [0.1, 0.15) is 0 Å². The van der Waals surface area contributed by atoms with Gasteiger partial charge in [0.05, 0.1) is 10.0 Å². The van der Waals surface area contributed by atoms with E-state index in [0.717, 1.165) is 16.9 Å². The number of thioether (sulfide) groups is 1. The third-order valence-corrected chi connectivity index (χ3v) is 4.60. The fourth-order valence-corrected chi connectivity index (χ4v) is 2.81. The summed E-state index contributed by atoms with van der Waals surface area (Å²) in [4.78, 5) is 1.22. The first kappa shape index (κ1) is 14.1. The Morgan fingerprint density at radius 1 is 0.833 bits per heavy atom. The van der Waals surface area contributed by atoms with Gasteiger partial charge in [0, 0.05) is 16.5 Å². The minimum atomic E-state index is 0.553. The maximum Gasteiger partial charge on any atom is 0.0595 e. The van der Waals surface area contributed by atoms with Crippen LogP contribution in [0.2, 0.25) is 10.0 Å². The van der Waals surface area contributed by atoms with Crippen molar-refractivity contribution in [3.63, 3.8) is 0 Å². The molecule has 18 heavy (non-hydrogen) atoms. The maximum atomic E-state index is 5.98. The van der Waals surface area contributed by atoms with Gasteiger partial charge in [-0.1, -0.05) is 41.4 Å². The van der Waals surface area contributed by atoms with Gasteiger partial charge >= 0.3 is 0 Å². The second kappa shape index (κ2) is 6.72. The number of halogens is 3. The summed E-state index contributed by atoms with van der Waals surface area (Å²) < 4.78 is 0. The summed E-state index contributed by atoms with van der Waals surface area (Å²) in [5, 5.41) is 1.20. The smallest absolute Gasteiger partial charge is 0.0595 e. The van der Waals surface area contributed by atoms with Crippen molar-refractivity contribution in [1.82, 2.24) is 0 Å². The zero-order valence-corrected chi connectivity index (χ0v) is 12.6. The summed E-state index contributed by atoms with van der Waals surface area (Å²) in [5.74, 6) is 1.43. The molecule has 0 amide bonds. The Labute approximate surface area is 126 Å². The van der Waals surface area contributed by atoms with Crippen LogP contribution in [-0.2, 0) is 11.6 Å². The molecule has 0 fully saturated rings. The molecule has 0 unspecified atom stereocenters. The molecule has 0 aliphatic carbocycles. The fourth-order valence-electron chi connectivity index (χ4n) is 1.47. The van der Waals surface area contributed by atoms with E-state index < -0.39 is 0 Å². The fraction of sp³-hybridized carbons (Fsp3) is 0.143. The minimum Gasteiger partial charge on any atom is -0.122 e. The molecule has 0 N–H and O–H groups in total. The third-order valence-electron chi connectivity index (χ3n) is 2.47. The minimum absolute atomic E-state index is 0.553. The zero-order chi connectivity index (χ0) is 13.0. The van der Waals surface area contributed by atoms with E-state index in [1.807, 2.05) is 30.3 Å². The molecule has 0 heterocycles. The number of alkyl halides is 1.